The Morgan fingerprint density at radius 3 is 2.92 bits per heavy atom. The first-order chi connectivity index (χ1) is 6.22. The predicted octanol–water partition coefficient (Wildman–Crippen LogP) is 2.73. The van der Waals surface area contributed by atoms with Gasteiger partial charge >= 0.3 is 0 Å². The first kappa shape index (κ1) is 10.7. The molecule has 2 nitrogen and oxygen atoms in total. The van der Waals surface area contributed by atoms with Crippen LogP contribution in [0.15, 0.2) is 22.9 Å². The molecule has 0 spiro atoms. The average Bonchev–Trinajstić information content (AvgIpc) is 2.14. The zero-order valence-corrected chi connectivity index (χ0v) is 9.63. The molecular weight excluding hydrogens is 228 g/mol. The van der Waals surface area contributed by atoms with Crippen LogP contribution < -0.4 is 5.32 Å². The number of pyridine rings is 1. The molecule has 72 valence electrons. The van der Waals surface area contributed by atoms with E-state index in [0.717, 1.165) is 17.4 Å². The number of nitrogens with one attached hydrogen (secondary N) is 1. The van der Waals surface area contributed by atoms with Gasteiger partial charge in [-0.05, 0) is 40.9 Å². The van der Waals surface area contributed by atoms with E-state index in [4.69, 9.17) is 0 Å². The molecule has 0 aliphatic carbocycles. The molecule has 1 aromatic rings. The number of rotatable bonds is 4. The van der Waals surface area contributed by atoms with E-state index < -0.39 is 0 Å². The monoisotopic (exact) mass is 242 g/mol. The molecule has 1 rings (SSSR count). The van der Waals surface area contributed by atoms with Crippen molar-refractivity contribution in [3.63, 3.8) is 0 Å². The quantitative estimate of drug-likeness (QED) is 0.879. The van der Waals surface area contributed by atoms with Crippen molar-refractivity contribution in [1.29, 1.82) is 0 Å². The Morgan fingerprint density at radius 1 is 1.54 bits per heavy atom. The second-order valence-electron chi connectivity index (χ2n) is 3.20. The largest absolute Gasteiger partial charge is 0.310 e. The van der Waals surface area contributed by atoms with Crippen LogP contribution in [0.3, 0.4) is 0 Å². The third-order valence-corrected chi connectivity index (χ3v) is 2.46. The standard InChI is InChI=1S/C10H15BrN2/c1-3-8(2)13-6-9-4-10(11)7-12-5-9/h4-5,7-8,13H,3,6H2,1-2H3/t8-/m1/s1. The fourth-order valence-corrected chi connectivity index (χ4v) is 1.40. The van der Waals surface area contributed by atoms with Crippen LogP contribution in [0.5, 0.6) is 0 Å². The summed E-state index contributed by atoms with van der Waals surface area (Å²) in [7, 11) is 0. The third-order valence-electron chi connectivity index (χ3n) is 2.03. The molecule has 1 aromatic heterocycles. The Morgan fingerprint density at radius 2 is 2.31 bits per heavy atom. The van der Waals surface area contributed by atoms with E-state index in [9.17, 15) is 0 Å². The highest BCUT2D eigenvalue weighted by atomic mass is 79.9. The van der Waals surface area contributed by atoms with Gasteiger partial charge in [0, 0.05) is 29.5 Å². The Kier molecular flexibility index (Phi) is 4.39. The summed E-state index contributed by atoms with van der Waals surface area (Å²) in [6.45, 7) is 5.25. The van der Waals surface area contributed by atoms with Gasteiger partial charge in [0.15, 0.2) is 0 Å². The summed E-state index contributed by atoms with van der Waals surface area (Å²) in [5, 5.41) is 3.41. The Bertz CT molecular complexity index is 263. The van der Waals surface area contributed by atoms with Crippen LogP contribution in [-0.2, 0) is 6.54 Å². The van der Waals surface area contributed by atoms with Crippen molar-refractivity contribution in [1.82, 2.24) is 10.3 Å². The van der Waals surface area contributed by atoms with E-state index in [1.54, 1.807) is 6.20 Å². The summed E-state index contributed by atoms with van der Waals surface area (Å²) in [6, 6.07) is 2.65. The molecule has 0 amide bonds. The van der Waals surface area contributed by atoms with Crippen molar-refractivity contribution in [3.8, 4) is 0 Å². The Hall–Kier alpha value is -0.410. The summed E-state index contributed by atoms with van der Waals surface area (Å²) >= 11 is 3.40. The number of hydrogen-bond acceptors (Lipinski definition) is 2. The van der Waals surface area contributed by atoms with Gasteiger partial charge in [-0.15, -0.1) is 0 Å². The van der Waals surface area contributed by atoms with Gasteiger partial charge in [0.25, 0.3) is 0 Å². The van der Waals surface area contributed by atoms with Crippen molar-refractivity contribution < 1.29 is 0 Å². The molecule has 0 unspecified atom stereocenters. The lowest BCUT2D eigenvalue weighted by atomic mass is 10.2. The van der Waals surface area contributed by atoms with E-state index in [1.165, 1.54) is 5.56 Å². The van der Waals surface area contributed by atoms with E-state index in [2.05, 4.69) is 46.1 Å². The third kappa shape index (κ3) is 3.87. The van der Waals surface area contributed by atoms with Crippen LogP contribution in [0.25, 0.3) is 0 Å². The molecule has 0 radical (unpaired) electrons. The van der Waals surface area contributed by atoms with Crippen molar-refractivity contribution >= 4 is 15.9 Å². The number of nitrogens with zero attached hydrogens (tertiary/aromatic N) is 1. The zero-order chi connectivity index (χ0) is 9.68. The number of aromatic nitrogens is 1. The van der Waals surface area contributed by atoms with Crippen molar-refractivity contribution in [2.24, 2.45) is 0 Å². The Labute approximate surface area is 87.9 Å². The predicted molar refractivity (Wildman–Crippen MR) is 58.5 cm³/mol. The zero-order valence-electron chi connectivity index (χ0n) is 8.05. The molecule has 1 N–H and O–H groups in total. The lowest BCUT2D eigenvalue weighted by Crippen LogP contribution is -2.24. The highest BCUT2D eigenvalue weighted by molar-refractivity contribution is 9.10. The molecule has 0 aliphatic rings. The molecule has 0 fully saturated rings. The van der Waals surface area contributed by atoms with E-state index in [0.29, 0.717) is 6.04 Å². The second-order valence-corrected chi connectivity index (χ2v) is 4.12. The van der Waals surface area contributed by atoms with Gasteiger partial charge < -0.3 is 5.32 Å². The summed E-state index contributed by atoms with van der Waals surface area (Å²) < 4.78 is 1.04. The minimum Gasteiger partial charge on any atom is -0.310 e. The fourth-order valence-electron chi connectivity index (χ4n) is 0.989. The molecule has 13 heavy (non-hydrogen) atoms. The highest BCUT2D eigenvalue weighted by Gasteiger charge is 1.98. The summed E-state index contributed by atoms with van der Waals surface area (Å²) in [6.07, 6.45) is 4.84. The van der Waals surface area contributed by atoms with Gasteiger partial charge in [0.05, 0.1) is 0 Å². The van der Waals surface area contributed by atoms with Gasteiger partial charge in [-0.1, -0.05) is 6.92 Å². The first-order valence-corrected chi connectivity index (χ1v) is 5.34. The maximum Gasteiger partial charge on any atom is 0.0410 e. The van der Waals surface area contributed by atoms with Crippen molar-refractivity contribution in [2.75, 3.05) is 0 Å². The number of hydrogen-bond donors (Lipinski definition) is 1. The number of halogens is 1. The maximum atomic E-state index is 4.10. The topological polar surface area (TPSA) is 24.9 Å². The van der Waals surface area contributed by atoms with E-state index in [1.807, 2.05) is 6.20 Å². The van der Waals surface area contributed by atoms with Gasteiger partial charge in [0.1, 0.15) is 0 Å². The van der Waals surface area contributed by atoms with Gasteiger partial charge in [-0.25, -0.2) is 0 Å². The normalized spacial score (nSPS) is 12.8. The van der Waals surface area contributed by atoms with Gasteiger partial charge in [0.2, 0.25) is 0 Å². The molecule has 0 saturated carbocycles. The molecular formula is C10H15BrN2. The summed E-state index contributed by atoms with van der Waals surface area (Å²) in [5.41, 5.74) is 1.22. The van der Waals surface area contributed by atoms with Crippen LogP contribution >= 0.6 is 15.9 Å². The van der Waals surface area contributed by atoms with Crippen molar-refractivity contribution in [2.45, 2.75) is 32.9 Å². The summed E-state index contributed by atoms with van der Waals surface area (Å²) in [4.78, 5) is 4.10. The lowest BCUT2D eigenvalue weighted by molar-refractivity contribution is 0.533. The SMILES string of the molecule is CC[C@@H](C)NCc1cncc(Br)c1. The highest BCUT2D eigenvalue weighted by Crippen LogP contribution is 2.09. The van der Waals surface area contributed by atoms with E-state index >= 15 is 0 Å². The molecule has 3 heteroatoms. The molecule has 1 atom stereocenters. The Balaban J connectivity index is 2.45. The molecule has 0 bridgehead atoms. The maximum absolute atomic E-state index is 4.10. The first-order valence-electron chi connectivity index (χ1n) is 4.55. The van der Waals surface area contributed by atoms with Gasteiger partial charge in [-0.3, -0.25) is 4.98 Å². The minimum absolute atomic E-state index is 0.569. The smallest absolute Gasteiger partial charge is 0.0410 e. The van der Waals surface area contributed by atoms with Crippen LogP contribution in [0.1, 0.15) is 25.8 Å². The summed E-state index contributed by atoms with van der Waals surface area (Å²) in [5.74, 6) is 0. The van der Waals surface area contributed by atoms with Crippen LogP contribution in [0.2, 0.25) is 0 Å². The fraction of sp³-hybridized carbons (Fsp3) is 0.500. The van der Waals surface area contributed by atoms with Crippen LogP contribution in [-0.4, -0.2) is 11.0 Å². The average molecular weight is 243 g/mol. The minimum atomic E-state index is 0.569. The molecule has 0 aliphatic heterocycles. The van der Waals surface area contributed by atoms with Crippen LogP contribution in [0, 0.1) is 0 Å². The van der Waals surface area contributed by atoms with Crippen molar-refractivity contribution in [3.05, 3.63) is 28.5 Å². The molecule has 0 saturated heterocycles. The molecule has 0 aromatic carbocycles. The van der Waals surface area contributed by atoms with E-state index in [-0.39, 0.29) is 0 Å². The van der Waals surface area contributed by atoms with Gasteiger partial charge in [-0.2, -0.15) is 0 Å². The lowest BCUT2D eigenvalue weighted by Gasteiger charge is -2.10. The van der Waals surface area contributed by atoms with Crippen LogP contribution in [0.4, 0.5) is 0 Å². The molecule has 1 heterocycles. The second kappa shape index (κ2) is 5.35.